The van der Waals surface area contributed by atoms with Crippen molar-refractivity contribution >= 4 is 23.5 Å². The monoisotopic (exact) mass is 340 g/mol. The van der Waals surface area contributed by atoms with Gasteiger partial charge in [-0.3, -0.25) is 15.3 Å². The van der Waals surface area contributed by atoms with Crippen molar-refractivity contribution in [1.29, 1.82) is 0 Å². The minimum atomic E-state index is -0.177. The molecule has 0 aliphatic carbocycles. The Labute approximate surface area is 144 Å². The smallest absolute Gasteiger partial charge is 0.280 e. The molecule has 0 unspecified atom stereocenters. The van der Waals surface area contributed by atoms with E-state index in [9.17, 15) is 4.79 Å². The molecule has 122 valence electrons. The fraction of sp³-hybridized carbons (Fsp3) is 0.111. The number of nitrogens with zero attached hydrogens (tertiary/aromatic N) is 2. The van der Waals surface area contributed by atoms with Gasteiger partial charge in [-0.15, -0.1) is 0 Å². The molecule has 0 fully saturated rings. The first-order chi connectivity index (χ1) is 11.5. The minimum absolute atomic E-state index is 0.177. The molecule has 0 spiro atoms. The second-order valence-corrected chi connectivity index (χ2v) is 5.94. The number of rotatable bonds is 4. The van der Waals surface area contributed by atoms with Crippen LogP contribution in [0, 0.1) is 13.8 Å². The predicted octanol–water partition coefficient (Wildman–Crippen LogP) is 3.88. The third-order valence-corrected chi connectivity index (χ3v) is 3.86. The van der Waals surface area contributed by atoms with E-state index in [1.54, 1.807) is 18.2 Å². The molecule has 0 aliphatic rings. The van der Waals surface area contributed by atoms with Gasteiger partial charge in [0, 0.05) is 10.7 Å². The largest absolute Gasteiger partial charge is 0.295 e. The maximum Gasteiger partial charge on any atom is 0.280 e. The number of nitrogens with one attached hydrogen (secondary N) is 2. The van der Waals surface area contributed by atoms with E-state index < -0.39 is 0 Å². The van der Waals surface area contributed by atoms with Crippen LogP contribution in [-0.4, -0.2) is 16.0 Å². The van der Waals surface area contributed by atoms with E-state index in [2.05, 4.69) is 15.6 Å². The summed E-state index contributed by atoms with van der Waals surface area (Å²) < 4.78 is 1.45. The highest BCUT2D eigenvalue weighted by Crippen LogP contribution is 2.13. The van der Waals surface area contributed by atoms with Gasteiger partial charge in [0.05, 0.1) is 23.2 Å². The second-order valence-electron chi connectivity index (χ2n) is 5.51. The Morgan fingerprint density at radius 1 is 1.17 bits per heavy atom. The van der Waals surface area contributed by atoms with Crippen molar-refractivity contribution in [1.82, 2.24) is 9.78 Å². The van der Waals surface area contributed by atoms with Crippen molar-refractivity contribution in [3.63, 3.8) is 0 Å². The fourth-order valence-corrected chi connectivity index (χ4v) is 2.49. The summed E-state index contributed by atoms with van der Waals surface area (Å²) in [6, 6.07) is 14.9. The van der Waals surface area contributed by atoms with Crippen LogP contribution in [0.1, 0.15) is 16.8 Å². The van der Waals surface area contributed by atoms with Crippen LogP contribution in [0.2, 0.25) is 5.02 Å². The Morgan fingerprint density at radius 3 is 2.62 bits per heavy atom. The van der Waals surface area contributed by atoms with Crippen molar-refractivity contribution in [2.75, 3.05) is 5.43 Å². The fourth-order valence-electron chi connectivity index (χ4n) is 2.31. The number of aromatic nitrogens is 2. The summed E-state index contributed by atoms with van der Waals surface area (Å²) >= 11 is 5.99. The maximum absolute atomic E-state index is 12.6. The van der Waals surface area contributed by atoms with Gasteiger partial charge in [0.15, 0.2) is 0 Å². The van der Waals surface area contributed by atoms with E-state index in [0.717, 1.165) is 11.4 Å². The molecule has 0 radical (unpaired) electrons. The Kier molecular flexibility index (Phi) is 4.53. The Hall–Kier alpha value is -2.79. The number of hydrogen-bond donors (Lipinski definition) is 2. The SMILES string of the molecule is Cc1ccc(N/N=C/c2c(C)[nH]n(-c3cccc(Cl)c3)c2=O)cc1. The quantitative estimate of drug-likeness (QED) is 0.559. The van der Waals surface area contributed by atoms with Crippen LogP contribution in [0.5, 0.6) is 0 Å². The Morgan fingerprint density at radius 2 is 1.92 bits per heavy atom. The maximum atomic E-state index is 12.6. The highest BCUT2D eigenvalue weighted by molar-refractivity contribution is 6.30. The van der Waals surface area contributed by atoms with Crippen LogP contribution in [0.15, 0.2) is 58.4 Å². The first kappa shape index (κ1) is 16.1. The van der Waals surface area contributed by atoms with E-state index >= 15 is 0 Å². The lowest BCUT2D eigenvalue weighted by atomic mass is 10.2. The van der Waals surface area contributed by atoms with E-state index in [1.807, 2.05) is 44.2 Å². The summed E-state index contributed by atoms with van der Waals surface area (Å²) in [5.74, 6) is 0. The van der Waals surface area contributed by atoms with Crippen molar-refractivity contribution in [3.8, 4) is 5.69 Å². The van der Waals surface area contributed by atoms with Gasteiger partial charge in [-0.25, -0.2) is 4.68 Å². The highest BCUT2D eigenvalue weighted by atomic mass is 35.5. The molecule has 1 aromatic heterocycles. The lowest BCUT2D eigenvalue weighted by molar-refractivity contribution is 0.835. The first-order valence-corrected chi connectivity index (χ1v) is 7.86. The molecule has 0 amide bonds. The predicted molar refractivity (Wildman–Crippen MR) is 98.5 cm³/mol. The molecule has 1 heterocycles. The van der Waals surface area contributed by atoms with Gasteiger partial charge in [-0.2, -0.15) is 5.10 Å². The van der Waals surface area contributed by atoms with Crippen LogP contribution in [0.25, 0.3) is 5.69 Å². The number of H-pyrrole nitrogens is 1. The molecular formula is C18H17ClN4O. The van der Waals surface area contributed by atoms with Crippen LogP contribution >= 0.6 is 11.6 Å². The molecule has 24 heavy (non-hydrogen) atoms. The molecule has 3 rings (SSSR count). The average molecular weight is 341 g/mol. The number of hydrogen-bond acceptors (Lipinski definition) is 3. The number of aryl methyl sites for hydroxylation is 2. The van der Waals surface area contributed by atoms with Gasteiger partial charge in [0.2, 0.25) is 0 Å². The number of benzene rings is 2. The van der Waals surface area contributed by atoms with Gasteiger partial charge in [-0.05, 0) is 44.2 Å². The zero-order valence-electron chi connectivity index (χ0n) is 13.4. The summed E-state index contributed by atoms with van der Waals surface area (Å²) in [6.07, 6.45) is 1.52. The third-order valence-electron chi connectivity index (χ3n) is 3.62. The summed E-state index contributed by atoms with van der Waals surface area (Å²) in [7, 11) is 0. The van der Waals surface area contributed by atoms with Crippen LogP contribution < -0.4 is 11.0 Å². The molecule has 0 aliphatic heterocycles. The summed E-state index contributed by atoms with van der Waals surface area (Å²) in [6.45, 7) is 3.85. The average Bonchev–Trinajstić information content (AvgIpc) is 2.85. The van der Waals surface area contributed by atoms with Crippen LogP contribution in [0.4, 0.5) is 5.69 Å². The molecule has 3 aromatic rings. The van der Waals surface area contributed by atoms with Gasteiger partial charge in [-0.1, -0.05) is 35.4 Å². The second kappa shape index (κ2) is 6.76. The Bertz CT molecular complexity index is 938. The standard InChI is InChI=1S/C18H17ClN4O/c1-12-6-8-15(9-7-12)21-20-11-17-13(2)22-23(18(17)24)16-5-3-4-14(19)10-16/h3-11,21-22H,1-2H3/b20-11+. The Balaban J connectivity index is 1.85. The van der Waals surface area contributed by atoms with E-state index in [-0.39, 0.29) is 5.56 Å². The molecule has 0 atom stereocenters. The van der Waals surface area contributed by atoms with Crippen molar-refractivity contribution in [2.45, 2.75) is 13.8 Å². The lowest BCUT2D eigenvalue weighted by Crippen LogP contribution is -2.17. The van der Waals surface area contributed by atoms with Gasteiger partial charge >= 0.3 is 0 Å². The van der Waals surface area contributed by atoms with Crippen LogP contribution in [0.3, 0.4) is 0 Å². The zero-order chi connectivity index (χ0) is 17.1. The van der Waals surface area contributed by atoms with Gasteiger partial charge in [0.25, 0.3) is 5.56 Å². The number of hydrazone groups is 1. The summed E-state index contributed by atoms with van der Waals surface area (Å²) in [5.41, 5.74) is 6.69. The summed E-state index contributed by atoms with van der Waals surface area (Å²) in [5, 5.41) is 7.76. The summed E-state index contributed by atoms with van der Waals surface area (Å²) in [4.78, 5) is 12.6. The molecule has 5 nitrogen and oxygen atoms in total. The molecule has 0 saturated heterocycles. The molecule has 0 bridgehead atoms. The van der Waals surface area contributed by atoms with Crippen LogP contribution in [-0.2, 0) is 0 Å². The minimum Gasteiger partial charge on any atom is -0.295 e. The van der Waals surface area contributed by atoms with E-state index in [0.29, 0.717) is 16.3 Å². The third kappa shape index (κ3) is 3.41. The van der Waals surface area contributed by atoms with Crippen molar-refractivity contribution in [3.05, 3.63) is 80.7 Å². The number of anilines is 1. The molecule has 0 saturated carbocycles. The molecule has 6 heteroatoms. The van der Waals surface area contributed by atoms with E-state index in [1.165, 1.54) is 16.5 Å². The van der Waals surface area contributed by atoms with Crippen molar-refractivity contribution in [2.24, 2.45) is 5.10 Å². The highest BCUT2D eigenvalue weighted by Gasteiger charge is 2.10. The van der Waals surface area contributed by atoms with Crippen molar-refractivity contribution < 1.29 is 0 Å². The molecule has 2 aromatic carbocycles. The van der Waals surface area contributed by atoms with Gasteiger partial charge < -0.3 is 0 Å². The topological polar surface area (TPSA) is 62.2 Å². The number of halogens is 1. The molecular weight excluding hydrogens is 324 g/mol. The van der Waals surface area contributed by atoms with Gasteiger partial charge in [0.1, 0.15) is 0 Å². The normalized spacial score (nSPS) is 11.1. The first-order valence-electron chi connectivity index (χ1n) is 7.48. The van der Waals surface area contributed by atoms with E-state index in [4.69, 9.17) is 11.6 Å². The molecule has 2 N–H and O–H groups in total. The number of aromatic amines is 1. The lowest BCUT2D eigenvalue weighted by Gasteiger charge is -2.01. The zero-order valence-corrected chi connectivity index (χ0v) is 14.1.